The summed E-state index contributed by atoms with van der Waals surface area (Å²) in [7, 11) is 0. The summed E-state index contributed by atoms with van der Waals surface area (Å²) in [6.07, 6.45) is 0. The Labute approximate surface area is 184 Å². The van der Waals surface area contributed by atoms with Crippen LogP contribution in [0.2, 0.25) is 0 Å². The first-order valence-electron chi connectivity index (χ1n) is 0. The third-order valence-corrected chi connectivity index (χ3v) is 0. The SMILES string of the molecule is O.O.O.O.O.[Cr].[Cr].[OH-].[OH-].[Rb+].[Rb+]. The van der Waals surface area contributed by atoms with Gasteiger partial charge in [0.05, 0.1) is 0 Å². The molecule has 0 amide bonds. The second-order valence-electron chi connectivity index (χ2n) is 0. The molecule has 68 valence electrons. The largest absolute Gasteiger partial charge is 1.00 e. The van der Waals surface area contributed by atoms with Crippen LogP contribution in [0.3, 0.4) is 0 Å². The summed E-state index contributed by atoms with van der Waals surface area (Å²) in [5.74, 6) is 0. The molecule has 0 heterocycles. The first-order chi connectivity index (χ1) is 0. The molecule has 0 saturated heterocycles. The predicted octanol–water partition coefficient (Wildman–Crippen LogP) is -10.5. The number of hydrogen-bond acceptors (Lipinski definition) is 2. The van der Waals surface area contributed by atoms with E-state index in [0.717, 1.165) is 0 Å². The maximum atomic E-state index is 0. The van der Waals surface area contributed by atoms with E-state index in [2.05, 4.69) is 0 Å². The van der Waals surface area contributed by atoms with Crippen LogP contribution in [0.25, 0.3) is 0 Å². The van der Waals surface area contributed by atoms with Crippen LogP contribution in [0.1, 0.15) is 0 Å². The van der Waals surface area contributed by atoms with E-state index in [-0.39, 0.29) is 189 Å². The Balaban J connectivity index is 0. The number of hydrogen-bond donors (Lipinski definition) is 0. The molecule has 0 rings (SSSR count). The maximum absolute atomic E-state index is 0. The van der Waals surface area contributed by atoms with E-state index < -0.39 is 0 Å². The Morgan fingerprint density at radius 1 is 0.364 bits per heavy atom. The molecule has 0 spiro atoms. The Morgan fingerprint density at radius 2 is 0.364 bits per heavy atom. The van der Waals surface area contributed by atoms with Crippen molar-refractivity contribution in [1.29, 1.82) is 0 Å². The molecule has 0 atom stereocenters. The molecule has 0 aliphatic heterocycles. The van der Waals surface area contributed by atoms with Crippen molar-refractivity contribution in [3.8, 4) is 0 Å². The molecule has 0 aliphatic carbocycles. The Kier molecular flexibility index (Phi) is 2010. The zero-order chi connectivity index (χ0) is 0. The first-order valence-corrected chi connectivity index (χ1v) is 0. The Morgan fingerprint density at radius 3 is 0.364 bits per heavy atom. The summed E-state index contributed by atoms with van der Waals surface area (Å²) in [5, 5.41) is 0. The first kappa shape index (κ1) is 165. The van der Waals surface area contributed by atoms with Crippen LogP contribution in [0.5, 0.6) is 0 Å². The van der Waals surface area contributed by atoms with E-state index in [1.807, 2.05) is 0 Å². The predicted molar refractivity (Wildman–Crippen MR) is 21.9 cm³/mol. The van der Waals surface area contributed by atoms with E-state index in [1.165, 1.54) is 0 Å². The van der Waals surface area contributed by atoms with Crippen molar-refractivity contribution >= 4 is 0 Å². The molecule has 0 radical (unpaired) electrons. The fraction of sp³-hybridized carbons (Fsp3) is 0. The minimum atomic E-state index is 0. The zero-order valence-corrected chi connectivity index (χ0v) is 18.6. The van der Waals surface area contributed by atoms with Gasteiger partial charge in [-0.25, -0.2) is 0 Å². The van der Waals surface area contributed by atoms with Crippen molar-refractivity contribution in [3.05, 3.63) is 0 Å². The van der Waals surface area contributed by atoms with E-state index in [0.29, 0.717) is 0 Å². The molecule has 0 aromatic rings. The van der Waals surface area contributed by atoms with Gasteiger partial charge < -0.3 is 38.3 Å². The molecular formula is H12Cr2O7Rb2. The van der Waals surface area contributed by atoms with Crippen molar-refractivity contribution in [3.63, 3.8) is 0 Å². The molecule has 7 nitrogen and oxygen atoms in total. The van der Waals surface area contributed by atoms with Gasteiger partial charge in [-0.2, -0.15) is 0 Å². The molecule has 0 fully saturated rings. The molecule has 11 heavy (non-hydrogen) atoms. The summed E-state index contributed by atoms with van der Waals surface area (Å²) in [6, 6.07) is 0. The minimum Gasteiger partial charge on any atom is -0.870 e. The van der Waals surface area contributed by atoms with Crippen LogP contribution >= 0.6 is 0 Å². The molecule has 0 aromatic heterocycles. The van der Waals surface area contributed by atoms with Crippen LogP contribution in [-0.4, -0.2) is 38.3 Å². The van der Waals surface area contributed by atoms with Crippen molar-refractivity contribution in [1.82, 2.24) is 0 Å². The van der Waals surface area contributed by atoms with Crippen LogP contribution in [0.4, 0.5) is 0 Å². The summed E-state index contributed by atoms with van der Waals surface area (Å²) in [4.78, 5) is 0. The summed E-state index contributed by atoms with van der Waals surface area (Å²) >= 11 is 0. The van der Waals surface area contributed by atoms with Crippen molar-refractivity contribution in [2.75, 3.05) is 0 Å². The van der Waals surface area contributed by atoms with Gasteiger partial charge in [0.15, 0.2) is 0 Å². The Hall–Kier alpha value is 4.40. The van der Waals surface area contributed by atoms with Gasteiger partial charge in [-0.1, -0.05) is 0 Å². The normalized spacial score (nSPS) is 0. The van der Waals surface area contributed by atoms with Gasteiger partial charge in [0.1, 0.15) is 0 Å². The molecule has 0 saturated carbocycles. The van der Waals surface area contributed by atoms with Crippen LogP contribution in [-0.2, 0) is 34.7 Å². The molecule has 0 aromatic carbocycles. The molecule has 11 heteroatoms. The summed E-state index contributed by atoms with van der Waals surface area (Å²) < 4.78 is 0. The van der Waals surface area contributed by atoms with Crippen LogP contribution in [0.15, 0.2) is 0 Å². The zero-order valence-electron chi connectivity index (χ0n) is 6.21. The van der Waals surface area contributed by atoms with E-state index in [1.54, 1.807) is 0 Å². The molecule has 0 bridgehead atoms. The Bertz CT molecular complexity index is 14.4. The molecular weight excluding hydrogens is 387 g/mol. The van der Waals surface area contributed by atoms with E-state index in [4.69, 9.17) is 0 Å². The third-order valence-electron chi connectivity index (χ3n) is 0. The topological polar surface area (TPSA) is 218 Å². The monoisotopic (exact) mass is 398 g/mol. The standard InChI is InChI=1S/2Cr.7H2O.2Rb/h;;7*1H2;;/q;;;;;;;;;2*+1/p-2. The van der Waals surface area contributed by atoms with Gasteiger partial charge in [0, 0.05) is 34.7 Å². The smallest absolute Gasteiger partial charge is 0.870 e. The minimum absolute atomic E-state index is 0. The fourth-order valence-electron chi connectivity index (χ4n) is 0. The van der Waals surface area contributed by atoms with Crippen molar-refractivity contribution in [2.24, 2.45) is 0 Å². The van der Waals surface area contributed by atoms with E-state index in [9.17, 15) is 0 Å². The van der Waals surface area contributed by atoms with Gasteiger partial charge in [-0.15, -0.1) is 0 Å². The molecule has 0 unspecified atom stereocenters. The van der Waals surface area contributed by atoms with E-state index >= 15 is 0 Å². The van der Waals surface area contributed by atoms with Crippen molar-refractivity contribution in [2.45, 2.75) is 0 Å². The number of rotatable bonds is 0. The van der Waals surface area contributed by atoms with Gasteiger partial charge >= 0.3 is 116 Å². The summed E-state index contributed by atoms with van der Waals surface area (Å²) in [6.45, 7) is 0. The van der Waals surface area contributed by atoms with Gasteiger partial charge in [-0.05, 0) is 0 Å². The third kappa shape index (κ3) is 114. The van der Waals surface area contributed by atoms with Gasteiger partial charge in [-0.3, -0.25) is 0 Å². The molecule has 0 aliphatic rings. The van der Waals surface area contributed by atoms with Crippen LogP contribution < -0.4 is 116 Å². The van der Waals surface area contributed by atoms with Gasteiger partial charge in [0.25, 0.3) is 0 Å². The average molecular weight is 399 g/mol. The average Bonchev–Trinajstić information content (AvgIpc) is 0. The second kappa shape index (κ2) is 134. The molecule has 12 N–H and O–H groups in total. The van der Waals surface area contributed by atoms with Crippen LogP contribution in [0, 0.1) is 0 Å². The van der Waals surface area contributed by atoms with Gasteiger partial charge in [0.2, 0.25) is 0 Å². The quantitative estimate of drug-likeness (QED) is 0.387. The summed E-state index contributed by atoms with van der Waals surface area (Å²) in [5.41, 5.74) is 0. The maximum Gasteiger partial charge on any atom is 1.00 e. The van der Waals surface area contributed by atoms with Crippen molar-refractivity contribution < 1.29 is 189 Å². The second-order valence-corrected chi connectivity index (χ2v) is 0. The fourth-order valence-corrected chi connectivity index (χ4v) is 0.